The molecule has 0 radical (unpaired) electrons. The van der Waals surface area contributed by atoms with Crippen molar-refractivity contribution in [1.82, 2.24) is 10.3 Å². The summed E-state index contributed by atoms with van der Waals surface area (Å²) in [5, 5.41) is 14.2. The summed E-state index contributed by atoms with van der Waals surface area (Å²) in [7, 11) is 2.41. The number of fused-ring (bicyclic) bond motifs is 1. The highest BCUT2D eigenvalue weighted by atomic mass is 19.1. The van der Waals surface area contributed by atoms with Crippen LogP contribution in [0.4, 0.5) is 9.18 Å². The highest BCUT2D eigenvalue weighted by Gasteiger charge is 2.19. The molecule has 33 heavy (non-hydrogen) atoms. The molecular weight excluding hydrogens is 437 g/mol. The number of ether oxygens (including phenoxy) is 3. The Morgan fingerprint density at radius 2 is 1.91 bits per heavy atom. The molecule has 172 valence electrons. The fraction of sp³-hybridized carbons (Fsp3) is 0.182. The van der Waals surface area contributed by atoms with Gasteiger partial charge in [0.25, 0.3) is 0 Å². The number of methoxy groups -OCH3 is 2. The number of rotatable bonds is 8. The number of nitrogens with one attached hydrogen (secondary N) is 2. The zero-order valence-electron chi connectivity index (χ0n) is 17.7. The molecule has 0 spiro atoms. The van der Waals surface area contributed by atoms with Crippen LogP contribution in [0.5, 0.6) is 5.75 Å². The number of H-pyrrole nitrogens is 1. The van der Waals surface area contributed by atoms with E-state index < -0.39 is 16.9 Å². The third-order valence-corrected chi connectivity index (χ3v) is 4.66. The molecule has 10 nitrogen and oxygen atoms in total. The molecule has 1 heterocycles. The predicted octanol–water partition coefficient (Wildman–Crippen LogP) is 3.63. The Hall–Kier alpha value is -4.25. The molecule has 0 unspecified atom stereocenters. The molecule has 2 N–H and O–H groups in total. The standard InChI is InChI=1S/C22H20FN3O7/c1-31-19(27)12-24-11-13-3-5-14(6-4-13)21-16(7-8-26(29)30)20-17(25-21)9-15(23)10-18(20)33-22(28)32-2/h3-10,24-25H,11-12H2,1-2H3/b8-7+. The summed E-state index contributed by atoms with van der Waals surface area (Å²) < 4.78 is 28.3. The average molecular weight is 457 g/mol. The maximum Gasteiger partial charge on any atom is 0.513 e. The Balaban J connectivity index is 2.03. The zero-order chi connectivity index (χ0) is 24.0. The van der Waals surface area contributed by atoms with Crippen LogP contribution in [-0.2, 0) is 20.8 Å². The smallest absolute Gasteiger partial charge is 0.468 e. The summed E-state index contributed by atoms with van der Waals surface area (Å²) in [6.45, 7) is 0.475. The fourth-order valence-corrected chi connectivity index (χ4v) is 3.20. The number of aromatic amines is 1. The minimum absolute atomic E-state index is 0.0602. The van der Waals surface area contributed by atoms with Gasteiger partial charge in [-0.2, -0.15) is 0 Å². The zero-order valence-corrected chi connectivity index (χ0v) is 17.7. The average Bonchev–Trinajstić information content (AvgIpc) is 3.16. The third kappa shape index (κ3) is 5.71. The number of hydrogen-bond acceptors (Lipinski definition) is 8. The van der Waals surface area contributed by atoms with Gasteiger partial charge in [-0.25, -0.2) is 9.18 Å². The minimum Gasteiger partial charge on any atom is -0.468 e. The van der Waals surface area contributed by atoms with E-state index in [4.69, 9.17) is 4.74 Å². The Labute approximate surface area is 187 Å². The summed E-state index contributed by atoms with van der Waals surface area (Å²) in [6.07, 6.45) is 0.919. The lowest BCUT2D eigenvalue weighted by Gasteiger charge is -2.07. The van der Waals surface area contributed by atoms with E-state index in [1.807, 2.05) is 0 Å². The first-order chi connectivity index (χ1) is 15.8. The molecular formula is C22H20FN3O7. The van der Waals surface area contributed by atoms with E-state index in [0.717, 1.165) is 24.9 Å². The Kier molecular flexibility index (Phi) is 7.36. The van der Waals surface area contributed by atoms with Crippen LogP contribution >= 0.6 is 0 Å². The summed E-state index contributed by atoms with van der Waals surface area (Å²) >= 11 is 0. The van der Waals surface area contributed by atoms with Gasteiger partial charge < -0.3 is 24.5 Å². The summed E-state index contributed by atoms with van der Waals surface area (Å²) in [4.78, 5) is 36.2. The van der Waals surface area contributed by atoms with Gasteiger partial charge in [0, 0.05) is 24.3 Å². The maximum absolute atomic E-state index is 14.1. The van der Waals surface area contributed by atoms with Crippen molar-refractivity contribution < 1.29 is 33.1 Å². The van der Waals surface area contributed by atoms with Gasteiger partial charge in [0.2, 0.25) is 6.20 Å². The molecule has 0 bridgehead atoms. The predicted molar refractivity (Wildman–Crippen MR) is 116 cm³/mol. The van der Waals surface area contributed by atoms with Gasteiger partial charge in [0.15, 0.2) is 0 Å². The minimum atomic E-state index is -1.06. The van der Waals surface area contributed by atoms with Gasteiger partial charge in [-0.05, 0) is 17.2 Å². The normalized spacial score (nSPS) is 11.0. The van der Waals surface area contributed by atoms with Crippen LogP contribution in [0, 0.1) is 15.9 Å². The highest BCUT2D eigenvalue weighted by Crippen LogP contribution is 2.38. The number of nitrogens with zero attached hydrogens (tertiary/aromatic N) is 1. The molecule has 0 aliphatic carbocycles. The lowest BCUT2D eigenvalue weighted by molar-refractivity contribution is -0.400. The number of benzene rings is 2. The first-order valence-electron chi connectivity index (χ1n) is 9.62. The van der Waals surface area contributed by atoms with Gasteiger partial charge in [0.05, 0.1) is 42.3 Å². The molecule has 0 aliphatic rings. The van der Waals surface area contributed by atoms with E-state index in [0.29, 0.717) is 23.4 Å². The molecule has 2 aromatic carbocycles. The van der Waals surface area contributed by atoms with Gasteiger partial charge in [0.1, 0.15) is 11.6 Å². The van der Waals surface area contributed by atoms with E-state index in [2.05, 4.69) is 19.8 Å². The van der Waals surface area contributed by atoms with E-state index in [9.17, 15) is 24.1 Å². The molecule has 0 atom stereocenters. The molecule has 0 saturated carbocycles. The molecule has 0 aliphatic heterocycles. The molecule has 1 aromatic heterocycles. The van der Waals surface area contributed by atoms with Crippen LogP contribution in [0.2, 0.25) is 0 Å². The highest BCUT2D eigenvalue weighted by molar-refractivity contribution is 6.01. The van der Waals surface area contributed by atoms with Crippen LogP contribution in [0.25, 0.3) is 28.2 Å². The van der Waals surface area contributed by atoms with Crippen LogP contribution in [0.3, 0.4) is 0 Å². The van der Waals surface area contributed by atoms with Gasteiger partial charge in [-0.3, -0.25) is 14.9 Å². The monoisotopic (exact) mass is 457 g/mol. The van der Waals surface area contributed by atoms with E-state index in [1.165, 1.54) is 19.3 Å². The number of esters is 1. The lowest BCUT2D eigenvalue weighted by atomic mass is 10.0. The van der Waals surface area contributed by atoms with Gasteiger partial charge >= 0.3 is 12.1 Å². The van der Waals surface area contributed by atoms with Gasteiger partial charge in [-0.1, -0.05) is 24.3 Å². The molecule has 0 amide bonds. The second-order valence-electron chi connectivity index (χ2n) is 6.77. The van der Waals surface area contributed by atoms with Crippen molar-refractivity contribution in [3.63, 3.8) is 0 Å². The van der Waals surface area contributed by atoms with Crippen molar-refractivity contribution in [1.29, 1.82) is 0 Å². The quantitative estimate of drug-likeness (QED) is 0.227. The van der Waals surface area contributed by atoms with E-state index in [1.54, 1.807) is 24.3 Å². The Bertz CT molecular complexity index is 1220. The van der Waals surface area contributed by atoms with E-state index >= 15 is 0 Å². The molecule has 3 rings (SSSR count). The molecule has 11 heteroatoms. The number of nitro groups is 1. The Morgan fingerprint density at radius 3 is 2.55 bits per heavy atom. The lowest BCUT2D eigenvalue weighted by Crippen LogP contribution is -2.23. The van der Waals surface area contributed by atoms with Gasteiger partial charge in [-0.15, -0.1) is 0 Å². The number of carbonyl (C=O) groups is 2. The van der Waals surface area contributed by atoms with Crippen molar-refractivity contribution in [2.45, 2.75) is 6.54 Å². The maximum atomic E-state index is 14.1. The van der Waals surface area contributed by atoms with Crippen molar-refractivity contribution in [2.24, 2.45) is 0 Å². The number of carbonyl (C=O) groups excluding carboxylic acids is 2. The summed E-state index contributed by atoms with van der Waals surface area (Å²) in [5.41, 5.74) is 2.59. The molecule has 3 aromatic rings. The van der Waals surface area contributed by atoms with Crippen molar-refractivity contribution in [2.75, 3.05) is 20.8 Å². The fourth-order valence-electron chi connectivity index (χ4n) is 3.20. The van der Waals surface area contributed by atoms with Crippen LogP contribution in [0.1, 0.15) is 11.1 Å². The first kappa shape index (κ1) is 23.4. The van der Waals surface area contributed by atoms with Crippen LogP contribution in [0.15, 0.2) is 42.6 Å². The largest absolute Gasteiger partial charge is 0.513 e. The van der Waals surface area contributed by atoms with Crippen LogP contribution < -0.4 is 10.1 Å². The summed E-state index contributed by atoms with van der Waals surface area (Å²) in [5.74, 6) is -1.21. The third-order valence-electron chi connectivity index (χ3n) is 4.66. The second-order valence-corrected chi connectivity index (χ2v) is 6.77. The summed E-state index contributed by atoms with van der Waals surface area (Å²) in [6, 6.07) is 9.33. The number of halogens is 1. The van der Waals surface area contributed by atoms with Crippen molar-refractivity contribution in [3.05, 3.63) is 69.7 Å². The second kappa shape index (κ2) is 10.4. The van der Waals surface area contributed by atoms with E-state index in [-0.39, 0.29) is 29.2 Å². The number of hydrogen-bond donors (Lipinski definition) is 2. The van der Waals surface area contributed by atoms with Crippen molar-refractivity contribution in [3.8, 4) is 17.0 Å². The molecule has 0 fully saturated rings. The van der Waals surface area contributed by atoms with Crippen LogP contribution in [-0.4, -0.2) is 42.8 Å². The molecule has 0 saturated heterocycles. The van der Waals surface area contributed by atoms with Crippen molar-refractivity contribution >= 4 is 29.1 Å². The Morgan fingerprint density at radius 1 is 1.18 bits per heavy atom. The topological polar surface area (TPSA) is 133 Å². The SMILES string of the molecule is COC(=O)CNCc1ccc(-c2[nH]c3cc(F)cc(OC(=O)OC)c3c2/C=C/[N+](=O)[O-])cc1. The first-order valence-corrected chi connectivity index (χ1v) is 9.62. The number of aromatic nitrogens is 1.